The second kappa shape index (κ2) is 14.7. The molecular formula is C21H39N3O10P2. The Labute approximate surface area is 210 Å². The number of aromatic nitrogens is 2. The van der Waals surface area contributed by atoms with Crippen LogP contribution in [-0.4, -0.2) is 60.6 Å². The molecule has 36 heavy (non-hydrogen) atoms. The number of rotatable bonds is 17. The van der Waals surface area contributed by atoms with E-state index in [0.29, 0.717) is 12.8 Å². The van der Waals surface area contributed by atoms with Gasteiger partial charge in [-0.2, -0.15) is 4.98 Å². The maximum atomic E-state index is 12.2. The Balaban J connectivity index is 1.73. The van der Waals surface area contributed by atoms with E-state index in [9.17, 15) is 33.9 Å². The SMILES string of the molecule is CCCCCCCCCCCCP(=O)(O)OP(=O)(O)OC[C@H]1O[C@@H](n2ccc(N)nc2=O)[C@H](O)[C@H]1O. The summed E-state index contributed by atoms with van der Waals surface area (Å²) in [5, 5.41) is 20.4. The number of hydrogen-bond donors (Lipinski definition) is 5. The van der Waals surface area contributed by atoms with E-state index in [0.717, 1.165) is 23.8 Å². The van der Waals surface area contributed by atoms with Crippen LogP contribution in [0.25, 0.3) is 0 Å². The molecule has 2 unspecified atom stereocenters. The molecule has 6 atom stereocenters. The lowest BCUT2D eigenvalue weighted by molar-refractivity contribution is -0.0540. The molecule has 1 aliphatic heterocycles. The van der Waals surface area contributed by atoms with Crippen molar-refractivity contribution in [2.24, 2.45) is 0 Å². The van der Waals surface area contributed by atoms with Crippen LogP contribution in [0.3, 0.4) is 0 Å². The molecule has 0 saturated carbocycles. The van der Waals surface area contributed by atoms with Crippen LogP contribution in [0.1, 0.15) is 77.4 Å². The number of nitrogens with two attached hydrogens (primary N) is 1. The maximum absolute atomic E-state index is 12.2. The van der Waals surface area contributed by atoms with Crippen LogP contribution in [-0.2, 0) is 22.7 Å². The van der Waals surface area contributed by atoms with Gasteiger partial charge in [-0.15, -0.1) is 0 Å². The molecule has 1 fully saturated rings. The van der Waals surface area contributed by atoms with Gasteiger partial charge in [-0.1, -0.05) is 64.7 Å². The second-order valence-electron chi connectivity index (χ2n) is 8.98. The van der Waals surface area contributed by atoms with Crippen LogP contribution in [0.15, 0.2) is 17.1 Å². The van der Waals surface area contributed by atoms with E-state index in [-0.39, 0.29) is 12.0 Å². The second-order valence-corrected chi connectivity index (χ2v) is 12.5. The fourth-order valence-corrected chi connectivity index (χ4v) is 6.67. The number of unbranched alkanes of at least 4 members (excludes halogenated alkanes) is 9. The molecule has 1 saturated heterocycles. The van der Waals surface area contributed by atoms with Crippen molar-refractivity contribution >= 4 is 21.2 Å². The summed E-state index contributed by atoms with van der Waals surface area (Å²) in [6, 6.07) is 1.29. The summed E-state index contributed by atoms with van der Waals surface area (Å²) >= 11 is 0. The lowest BCUT2D eigenvalue weighted by Gasteiger charge is -2.19. The van der Waals surface area contributed by atoms with Crippen molar-refractivity contribution in [3.63, 3.8) is 0 Å². The highest BCUT2D eigenvalue weighted by Crippen LogP contribution is 2.60. The van der Waals surface area contributed by atoms with E-state index < -0.39 is 52.3 Å². The van der Waals surface area contributed by atoms with Gasteiger partial charge in [0.15, 0.2) is 6.23 Å². The third-order valence-corrected chi connectivity index (χ3v) is 9.09. The summed E-state index contributed by atoms with van der Waals surface area (Å²) < 4.78 is 39.9. The third kappa shape index (κ3) is 10.3. The maximum Gasteiger partial charge on any atom is 0.479 e. The van der Waals surface area contributed by atoms with Crippen LogP contribution < -0.4 is 11.4 Å². The van der Waals surface area contributed by atoms with Crippen molar-refractivity contribution in [3.8, 4) is 0 Å². The Morgan fingerprint density at radius 1 is 1.03 bits per heavy atom. The average Bonchev–Trinajstić information content (AvgIpc) is 3.07. The fourth-order valence-electron chi connectivity index (χ4n) is 3.91. The van der Waals surface area contributed by atoms with E-state index in [2.05, 4.69) is 16.2 Å². The highest BCUT2D eigenvalue weighted by molar-refractivity contribution is 7.64. The predicted molar refractivity (Wildman–Crippen MR) is 132 cm³/mol. The average molecular weight is 556 g/mol. The van der Waals surface area contributed by atoms with Gasteiger partial charge in [0.05, 0.1) is 12.8 Å². The molecule has 1 aliphatic rings. The van der Waals surface area contributed by atoms with Crippen molar-refractivity contribution < 1.29 is 42.7 Å². The van der Waals surface area contributed by atoms with Gasteiger partial charge in [0.1, 0.15) is 24.1 Å². The zero-order valence-corrected chi connectivity index (χ0v) is 22.3. The van der Waals surface area contributed by atoms with E-state index in [4.69, 9.17) is 15.0 Å². The normalized spacial score (nSPS) is 25.5. The number of nitrogen functional groups attached to an aromatic ring is 1. The van der Waals surface area contributed by atoms with Gasteiger partial charge in [-0.3, -0.25) is 13.7 Å². The number of aliphatic hydroxyl groups excluding tert-OH is 2. The van der Waals surface area contributed by atoms with E-state index in [1.54, 1.807) is 0 Å². The minimum Gasteiger partial charge on any atom is -0.387 e. The molecule has 0 spiro atoms. The molecule has 2 rings (SSSR count). The number of phosphoric ester groups is 1. The first-order valence-corrected chi connectivity index (χ1v) is 15.6. The van der Waals surface area contributed by atoms with Crippen molar-refractivity contribution in [2.45, 2.75) is 95.7 Å². The molecule has 208 valence electrons. The zero-order valence-electron chi connectivity index (χ0n) is 20.6. The van der Waals surface area contributed by atoms with Crippen LogP contribution in [0, 0.1) is 0 Å². The fraction of sp³-hybridized carbons (Fsp3) is 0.810. The summed E-state index contributed by atoms with van der Waals surface area (Å²) in [4.78, 5) is 35.3. The van der Waals surface area contributed by atoms with Crippen molar-refractivity contribution in [1.82, 2.24) is 9.55 Å². The number of aliphatic hydroxyl groups is 2. The Hall–Kier alpha value is -1.14. The van der Waals surface area contributed by atoms with Crippen LogP contribution in [0.5, 0.6) is 0 Å². The Morgan fingerprint density at radius 2 is 1.61 bits per heavy atom. The standard InChI is InChI=1S/C21H39N3O10P2/c1-2-3-4-5-6-7-8-9-10-11-14-35(28,29)34-36(30,31)32-15-16-18(25)19(26)20(33-16)24-13-12-17(22)23-21(24)27/h12-13,16,18-20,25-26H,2-11,14-15H2,1H3,(H,28,29)(H,30,31)(H2,22,23,27)/t16-,18+,19-,20-/m1/s1. The summed E-state index contributed by atoms with van der Waals surface area (Å²) in [5.41, 5.74) is 4.59. The van der Waals surface area contributed by atoms with Gasteiger partial charge in [-0.05, 0) is 12.5 Å². The molecule has 15 heteroatoms. The lowest BCUT2D eigenvalue weighted by atomic mass is 10.1. The molecule has 13 nitrogen and oxygen atoms in total. The van der Waals surface area contributed by atoms with Crippen LogP contribution in [0.4, 0.5) is 5.82 Å². The Kier molecular flexibility index (Phi) is 12.7. The summed E-state index contributed by atoms with van der Waals surface area (Å²) in [6.07, 6.45) is 5.25. The highest BCUT2D eigenvalue weighted by Gasteiger charge is 2.45. The molecule has 6 N–H and O–H groups in total. The van der Waals surface area contributed by atoms with Gasteiger partial charge in [0.25, 0.3) is 0 Å². The quantitative estimate of drug-likeness (QED) is 0.139. The van der Waals surface area contributed by atoms with Crippen LogP contribution >= 0.6 is 15.4 Å². The summed E-state index contributed by atoms with van der Waals surface area (Å²) in [7, 11) is -9.39. The van der Waals surface area contributed by atoms with Crippen molar-refractivity contribution in [1.29, 1.82) is 0 Å². The molecule has 0 radical (unpaired) electrons. The first-order valence-electron chi connectivity index (χ1n) is 12.3. The first-order chi connectivity index (χ1) is 17.0. The van der Waals surface area contributed by atoms with E-state index in [1.165, 1.54) is 44.4 Å². The van der Waals surface area contributed by atoms with Crippen LogP contribution in [0.2, 0.25) is 0 Å². The smallest absolute Gasteiger partial charge is 0.387 e. The monoisotopic (exact) mass is 555 g/mol. The number of phosphoric acid groups is 1. The van der Waals surface area contributed by atoms with Crippen molar-refractivity contribution in [2.75, 3.05) is 18.5 Å². The largest absolute Gasteiger partial charge is 0.479 e. The number of ether oxygens (including phenoxy) is 1. The molecule has 0 aliphatic carbocycles. The summed E-state index contributed by atoms with van der Waals surface area (Å²) in [6.45, 7) is 1.42. The minimum atomic E-state index is -4.98. The molecular weight excluding hydrogens is 516 g/mol. The molecule has 2 heterocycles. The first kappa shape index (κ1) is 31.1. The minimum absolute atomic E-state index is 0.0474. The van der Waals surface area contributed by atoms with Gasteiger partial charge < -0.3 is 30.5 Å². The molecule has 0 aromatic carbocycles. The van der Waals surface area contributed by atoms with E-state index >= 15 is 0 Å². The van der Waals surface area contributed by atoms with Gasteiger partial charge in [0.2, 0.25) is 0 Å². The highest BCUT2D eigenvalue weighted by atomic mass is 31.3. The third-order valence-electron chi connectivity index (χ3n) is 5.89. The molecule has 1 aromatic heterocycles. The van der Waals surface area contributed by atoms with Gasteiger partial charge in [0, 0.05) is 6.20 Å². The number of nitrogens with zero attached hydrogens (tertiary/aromatic N) is 2. The predicted octanol–water partition coefficient (Wildman–Crippen LogP) is 2.68. The van der Waals surface area contributed by atoms with Crippen molar-refractivity contribution in [3.05, 3.63) is 22.7 Å². The number of anilines is 1. The van der Waals surface area contributed by atoms with Gasteiger partial charge in [-0.25, -0.2) is 13.7 Å². The zero-order chi connectivity index (χ0) is 26.8. The molecule has 0 amide bonds. The summed E-state index contributed by atoms with van der Waals surface area (Å²) in [5.74, 6) is -0.0474. The number of hydrogen-bond acceptors (Lipinski definition) is 10. The molecule has 1 aromatic rings. The van der Waals surface area contributed by atoms with E-state index in [1.807, 2.05) is 0 Å². The lowest BCUT2D eigenvalue weighted by Crippen LogP contribution is -2.36. The Bertz CT molecular complexity index is 962. The molecule has 0 bridgehead atoms. The van der Waals surface area contributed by atoms with Gasteiger partial charge >= 0.3 is 21.1 Å². The Morgan fingerprint density at radius 3 is 2.19 bits per heavy atom. The topological polar surface area (TPSA) is 204 Å².